The van der Waals surface area contributed by atoms with Crippen molar-refractivity contribution >= 4 is 49.3 Å². The normalized spacial score (nSPS) is 16.4. The lowest BCUT2D eigenvalue weighted by Gasteiger charge is -2.33. The number of hydrogen-bond acceptors (Lipinski definition) is 5. The highest BCUT2D eigenvalue weighted by molar-refractivity contribution is 9.11. The van der Waals surface area contributed by atoms with E-state index in [1.54, 1.807) is 41.6 Å². The molecule has 1 amide bonds. The molecule has 1 aliphatic rings. The third-order valence-electron chi connectivity index (χ3n) is 3.80. The van der Waals surface area contributed by atoms with Gasteiger partial charge in [0.25, 0.3) is 10.0 Å². The van der Waals surface area contributed by atoms with Gasteiger partial charge in [-0.15, -0.1) is 11.3 Å². The molecule has 3 heterocycles. The number of piperazine rings is 1. The van der Waals surface area contributed by atoms with Crippen LogP contribution in [0, 0.1) is 0 Å². The fourth-order valence-electron chi connectivity index (χ4n) is 2.46. The van der Waals surface area contributed by atoms with Crippen molar-refractivity contribution in [3.63, 3.8) is 0 Å². The van der Waals surface area contributed by atoms with E-state index in [-0.39, 0.29) is 5.91 Å². The summed E-state index contributed by atoms with van der Waals surface area (Å²) in [6.07, 6.45) is 6.55. The molecule has 0 spiro atoms. The van der Waals surface area contributed by atoms with E-state index in [0.717, 1.165) is 9.35 Å². The van der Waals surface area contributed by atoms with E-state index in [2.05, 4.69) is 20.9 Å². The van der Waals surface area contributed by atoms with Gasteiger partial charge in [0, 0.05) is 44.6 Å². The number of hydrogen-bond donors (Lipinski definition) is 0. The summed E-state index contributed by atoms with van der Waals surface area (Å²) < 4.78 is 27.7. The lowest BCUT2D eigenvalue weighted by atomic mass is 10.2. The molecule has 0 N–H and O–H groups in total. The summed E-state index contributed by atoms with van der Waals surface area (Å²) in [7, 11) is -3.49. The predicted molar refractivity (Wildman–Crippen MR) is 101 cm³/mol. The maximum Gasteiger partial charge on any atom is 0.252 e. The average molecular weight is 442 g/mol. The largest absolute Gasteiger partial charge is 0.337 e. The summed E-state index contributed by atoms with van der Waals surface area (Å²) in [4.78, 5) is 17.9. The SMILES string of the molecule is O=C(/C=C/c1cccnc1)N1CCN(S(=O)(=O)c2ccc(Br)s2)CC1. The Hall–Kier alpha value is -1.55. The summed E-state index contributed by atoms with van der Waals surface area (Å²) in [5.74, 6) is -0.125. The number of rotatable bonds is 4. The van der Waals surface area contributed by atoms with Gasteiger partial charge in [0.2, 0.25) is 5.91 Å². The summed E-state index contributed by atoms with van der Waals surface area (Å²) in [6, 6.07) is 6.98. The molecule has 1 aliphatic heterocycles. The maximum absolute atomic E-state index is 12.6. The molecule has 3 rings (SSSR count). The minimum Gasteiger partial charge on any atom is -0.337 e. The molecule has 0 aromatic carbocycles. The Bertz CT molecular complexity index is 873. The molecular formula is C16H16BrN3O3S2. The van der Waals surface area contributed by atoms with Crippen molar-refractivity contribution in [1.29, 1.82) is 0 Å². The smallest absolute Gasteiger partial charge is 0.252 e. The monoisotopic (exact) mass is 441 g/mol. The standard InChI is InChI=1S/C16H16BrN3O3S2/c17-14-4-6-16(24-14)25(22,23)20-10-8-19(9-11-20)15(21)5-3-13-2-1-7-18-12-13/h1-7,12H,8-11H2/b5-3+. The van der Waals surface area contributed by atoms with Gasteiger partial charge in [0.1, 0.15) is 4.21 Å². The van der Waals surface area contributed by atoms with Gasteiger partial charge < -0.3 is 4.90 Å². The quantitative estimate of drug-likeness (QED) is 0.683. The van der Waals surface area contributed by atoms with Crippen LogP contribution in [0.4, 0.5) is 0 Å². The van der Waals surface area contributed by atoms with Gasteiger partial charge in [-0.25, -0.2) is 8.42 Å². The molecule has 0 radical (unpaired) electrons. The van der Waals surface area contributed by atoms with Crippen LogP contribution in [0.3, 0.4) is 0 Å². The van der Waals surface area contributed by atoms with Crippen LogP contribution >= 0.6 is 27.3 Å². The van der Waals surface area contributed by atoms with Crippen LogP contribution in [-0.2, 0) is 14.8 Å². The van der Waals surface area contributed by atoms with E-state index in [4.69, 9.17) is 0 Å². The molecule has 0 atom stereocenters. The molecule has 1 saturated heterocycles. The molecule has 0 aliphatic carbocycles. The zero-order valence-electron chi connectivity index (χ0n) is 13.2. The van der Waals surface area contributed by atoms with Crippen LogP contribution in [0.1, 0.15) is 5.56 Å². The number of thiophene rings is 1. The number of pyridine rings is 1. The summed E-state index contributed by atoms with van der Waals surface area (Å²) in [5, 5.41) is 0. The van der Waals surface area contributed by atoms with Crippen LogP contribution in [-0.4, -0.2) is 54.7 Å². The van der Waals surface area contributed by atoms with Gasteiger partial charge in [0.15, 0.2) is 0 Å². The Labute approximate surface area is 159 Å². The van der Waals surface area contributed by atoms with Crippen molar-refractivity contribution < 1.29 is 13.2 Å². The van der Waals surface area contributed by atoms with E-state index in [9.17, 15) is 13.2 Å². The predicted octanol–water partition coefficient (Wildman–Crippen LogP) is 2.45. The fourth-order valence-corrected chi connectivity index (χ4v) is 6.05. The van der Waals surface area contributed by atoms with Gasteiger partial charge in [-0.3, -0.25) is 9.78 Å². The fraction of sp³-hybridized carbons (Fsp3) is 0.250. The third-order valence-corrected chi connectivity index (χ3v) is 7.79. The second-order valence-corrected chi connectivity index (χ2v) is 10.0. The molecule has 0 unspecified atom stereocenters. The highest BCUT2D eigenvalue weighted by Gasteiger charge is 2.30. The van der Waals surface area contributed by atoms with Crippen molar-refractivity contribution in [2.24, 2.45) is 0 Å². The van der Waals surface area contributed by atoms with Crippen molar-refractivity contribution in [2.75, 3.05) is 26.2 Å². The Balaban J connectivity index is 1.60. The first-order valence-electron chi connectivity index (χ1n) is 7.59. The number of amides is 1. The minimum absolute atomic E-state index is 0.125. The van der Waals surface area contributed by atoms with Crippen molar-refractivity contribution in [2.45, 2.75) is 4.21 Å². The summed E-state index contributed by atoms with van der Waals surface area (Å²) >= 11 is 4.47. The second-order valence-electron chi connectivity index (χ2n) is 5.41. The van der Waals surface area contributed by atoms with Crippen molar-refractivity contribution in [1.82, 2.24) is 14.2 Å². The second kappa shape index (κ2) is 7.77. The third kappa shape index (κ3) is 4.35. The molecule has 2 aromatic heterocycles. The van der Waals surface area contributed by atoms with Gasteiger partial charge in [-0.05, 0) is 45.8 Å². The molecule has 6 nitrogen and oxygen atoms in total. The molecule has 0 bridgehead atoms. The van der Waals surface area contributed by atoms with Crippen molar-refractivity contribution in [3.8, 4) is 0 Å². The van der Waals surface area contributed by atoms with E-state index < -0.39 is 10.0 Å². The lowest BCUT2D eigenvalue weighted by Crippen LogP contribution is -2.50. The van der Waals surface area contributed by atoms with E-state index in [1.165, 1.54) is 21.7 Å². The first-order valence-corrected chi connectivity index (χ1v) is 10.6. The zero-order valence-corrected chi connectivity index (χ0v) is 16.4. The molecular weight excluding hydrogens is 426 g/mol. The van der Waals surface area contributed by atoms with Crippen LogP contribution in [0.15, 0.2) is 50.7 Å². The molecule has 2 aromatic rings. The minimum atomic E-state index is -3.49. The van der Waals surface area contributed by atoms with Crippen LogP contribution in [0.2, 0.25) is 0 Å². The molecule has 0 saturated carbocycles. The number of carbonyl (C=O) groups excluding carboxylic acids is 1. The van der Waals surface area contributed by atoms with Crippen LogP contribution in [0.25, 0.3) is 6.08 Å². The van der Waals surface area contributed by atoms with Crippen LogP contribution < -0.4 is 0 Å². The average Bonchev–Trinajstić information content (AvgIpc) is 3.08. The van der Waals surface area contributed by atoms with Gasteiger partial charge in [-0.2, -0.15) is 4.31 Å². The van der Waals surface area contributed by atoms with Gasteiger partial charge in [0.05, 0.1) is 3.79 Å². The highest BCUT2D eigenvalue weighted by atomic mass is 79.9. The Morgan fingerprint density at radius 1 is 1.20 bits per heavy atom. The lowest BCUT2D eigenvalue weighted by molar-refractivity contribution is -0.127. The highest BCUT2D eigenvalue weighted by Crippen LogP contribution is 2.28. The summed E-state index contributed by atoms with van der Waals surface area (Å²) in [6.45, 7) is 1.35. The molecule has 132 valence electrons. The number of halogens is 1. The van der Waals surface area contributed by atoms with E-state index >= 15 is 0 Å². The Morgan fingerprint density at radius 3 is 2.56 bits per heavy atom. The molecule has 1 fully saturated rings. The zero-order chi connectivity index (χ0) is 17.9. The first kappa shape index (κ1) is 18.2. The van der Waals surface area contributed by atoms with Crippen molar-refractivity contribution in [3.05, 3.63) is 52.1 Å². The number of aromatic nitrogens is 1. The van der Waals surface area contributed by atoms with Gasteiger partial charge in [-0.1, -0.05) is 6.07 Å². The van der Waals surface area contributed by atoms with E-state index in [0.29, 0.717) is 30.4 Å². The molecule has 9 heteroatoms. The Kier molecular flexibility index (Phi) is 5.67. The topological polar surface area (TPSA) is 70.6 Å². The number of nitrogens with zero attached hydrogens (tertiary/aromatic N) is 3. The number of sulfonamides is 1. The van der Waals surface area contributed by atoms with Crippen LogP contribution in [0.5, 0.6) is 0 Å². The summed E-state index contributed by atoms with van der Waals surface area (Å²) in [5.41, 5.74) is 0.848. The molecule has 25 heavy (non-hydrogen) atoms. The first-order chi connectivity index (χ1) is 12.0. The Morgan fingerprint density at radius 2 is 1.96 bits per heavy atom. The maximum atomic E-state index is 12.6. The van der Waals surface area contributed by atoms with E-state index in [1.807, 2.05) is 6.07 Å². The van der Waals surface area contributed by atoms with Gasteiger partial charge >= 0.3 is 0 Å². The number of carbonyl (C=O) groups is 1.